The van der Waals surface area contributed by atoms with E-state index in [4.69, 9.17) is 0 Å². The van der Waals surface area contributed by atoms with Gasteiger partial charge < -0.3 is 30.8 Å². The smallest absolute Gasteiger partial charge is 0.321 e. The summed E-state index contributed by atoms with van der Waals surface area (Å²) >= 11 is 0. The first kappa shape index (κ1) is 23.7. The summed E-state index contributed by atoms with van der Waals surface area (Å²) in [6.07, 6.45) is 4.01. The Morgan fingerprint density at radius 1 is 0.857 bits per heavy atom. The van der Waals surface area contributed by atoms with E-state index >= 15 is 0 Å². The Balaban J connectivity index is 1.75. The Kier molecular flexibility index (Phi) is 10.3. The molecule has 2 heterocycles. The van der Waals surface area contributed by atoms with E-state index in [1.165, 1.54) is 21.6 Å². The van der Waals surface area contributed by atoms with Crippen LogP contribution in [0.4, 0.5) is 0 Å². The van der Waals surface area contributed by atoms with E-state index in [-0.39, 0.29) is 21.6 Å². The van der Waals surface area contributed by atoms with Crippen molar-refractivity contribution in [2.24, 2.45) is 0 Å². The number of hydrogen-bond acceptors (Lipinski definition) is 8. The molecule has 2 rings (SSSR count). The normalized spacial score (nSPS) is 30.5. The van der Waals surface area contributed by atoms with Crippen molar-refractivity contribution in [2.45, 2.75) is 62.9 Å². The molecule has 10 nitrogen and oxygen atoms in total. The highest BCUT2D eigenvalue weighted by Crippen LogP contribution is 2.23. The number of quaternary nitrogens is 2. The molecule has 0 saturated carbocycles. The third-order valence-corrected chi connectivity index (χ3v) is 7.48. The molecular formula is C16H30N4O6S2. The van der Waals surface area contributed by atoms with Gasteiger partial charge in [-0.2, -0.15) is 0 Å². The average molecular weight is 439 g/mol. The van der Waals surface area contributed by atoms with Crippen molar-refractivity contribution in [3.8, 4) is 0 Å². The second kappa shape index (κ2) is 12.2. The lowest BCUT2D eigenvalue weighted by atomic mass is 10.1. The summed E-state index contributed by atoms with van der Waals surface area (Å²) in [4.78, 5) is 22.9. The number of rotatable bonds is 11. The zero-order valence-corrected chi connectivity index (χ0v) is 17.4. The van der Waals surface area contributed by atoms with Gasteiger partial charge in [-0.1, -0.05) is 21.6 Å². The quantitative estimate of drug-likeness (QED) is 0.124. The highest BCUT2D eigenvalue weighted by molar-refractivity contribution is 8.76. The van der Waals surface area contributed by atoms with Crippen LogP contribution in [0.15, 0.2) is 0 Å². The lowest BCUT2D eigenvalue weighted by Gasteiger charge is -2.37. The maximum Gasteiger partial charge on any atom is 0.321 e. The fraction of sp³-hybridized carbons (Fsp3) is 0.875. The maximum atomic E-state index is 11.9. The van der Waals surface area contributed by atoms with E-state index in [2.05, 4.69) is 10.6 Å². The minimum Gasteiger partial charge on any atom is -0.633 e. The summed E-state index contributed by atoms with van der Waals surface area (Å²) in [6, 6.07) is -1.72. The van der Waals surface area contributed by atoms with Crippen LogP contribution in [0.1, 0.15) is 38.5 Å². The fourth-order valence-electron chi connectivity index (χ4n) is 3.42. The standard InChI is InChI=1S/C16H30N4O6S2/c21-15(22)11(17-13-5-1-3-7-19(13)25)9-27-28-10-12(16(23)24)18-14-6-2-4-8-20(14)26/h11-14,17-20H,1-10H2,(H,21,22)(H,23,24)/t11-,12-,13?,14?/m0/s1. The number of hydroxylamine groups is 4. The molecule has 0 aliphatic carbocycles. The van der Waals surface area contributed by atoms with Crippen molar-refractivity contribution in [1.82, 2.24) is 10.6 Å². The number of hydrogen-bond donors (Lipinski definition) is 6. The minimum absolute atomic E-state index is 0.0578. The Morgan fingerprint density at radius 2 is 1.25 bits per heavy atom. The number of carbonyl (C=O) groups is 2. The first-order valence-corrected chi connectivity index (χ1v) is 12.1. The highest BCUT2D eigenvalue weighted by atomic mass is 33.1. The van der Waals surface area contributed by atoms with E-state index in [0.29, 0.717) is 25.9 Å². The van der Waals surface area contributed by atoms with E-state index in [9.17, 15) is 30.2 Å². The van der Waals surface area contributed by atoms with Crippen LogP contribution in [0.5, 0.6) is 0 Å². The lowest BCUT2D eigenvalue weighted by Crippen LogP contribution is -3.14. The molecule has 2 fully saturated rings. The predicted molar refractivity (Wildman–Crippen MR) is 108 cm³/mol. The van der Waals surface area contributed by atoms with Crippen LogP contribution in [0.2, 0.25) is 0 Å². The summed E-state index contributed by atoms with van der Waals surface area (Å²) in [5, 5.41) is 48.5. The van der Waals surface area contributed by atoms with Crippen LogP contribution in [-0.4, -0.2) is 71.2 Å². The minimum atomic E-state index is -1.02. The van der Waals surface area contributed by atoms with Crippen LogP contribution in [0.3, 0.4) is 0 Å². The zero-order chi connectivity index (χ0) is 20.5. The van der Waals surface area contributed by atoms with E-state index < -0.39 is 36.4 Å². The van der Waals surface area contributed by atoms with Gasteiger partial charge in [0.2, 0.25) is 0 Å². The maximum absolute atomic E-state index is 11.9. The fourth-order valence-corrected chi connectivity index (χ4v) is 5.75. The van der Waals surface area contributed by atoms with Gasteiger partial charge in [-0.25, -0.2) is 0 Å². The van der Waals surface area contributed by atoms with Gasteiger partial charge in [0, 0.05) is 24.3 Å². The number of aliphatic carboxylic acids is 2. The summed E-state index contributed by atoms with van der Waals surface area (Å²) in [7, 11) is 2.52. The zero-order valence-electron chi connectivity index (χ0n) is 15.7. The highest BCUT2D eigenvalue weighted by Gasteiger charge is 2.29. The summed E-state index contributed by atoms with van der Waals surface area (Å²) < 4.78 is 0. The monoisotopic (exact) mass is 438 g/mol. The molecule has 2 aliphatic rings. The molecule has 6 N–H and O–H groups in total. The summed E-state index contributed by atoms with van der Waals surface area (Å²) in [6.45, 7) is 0.968. The van der Waals surface area contributed by atoms with Gasteiger partial charge in [0.25, 0.3) is 0 Å². The molecule has 2 saturated heterocycles. The largest absolute Gasteiger partial charge is 0.633 e. The van der Waals surface area contributed by atoms with Crippen LogP contribution >= 0.6 is 21.6 Å². The first-order valence-electron chi connectivity index (χ1n) is 9.66. The molecule has 28 heavy (non-hydrogen) atoms. The van der Waals surface area contributed by atoms with Crippen molar-refractivity contribution < 1.29 is 29.9 Å². The molecule has 0 aromatic rings. The lowest BCUT2D eigenvalue weighted by molar-refractivity contribution is -0.885. The molecule has 0 bridgehead atoms. The third-order valence-electron chi connectivity index (χ3n) is 5.06. The molecule has 0 aromatic heterocycles. The van der Waals surface area contributed by atoms with Gasteiger partial charge in [0.15, 0.2) is 0 Å². The topological polar surface area (TPSA) is 154 Å². The van der Waals surface area contributed by atoms with E-state index in [0.717, 1.165) is 25.7 Å². The van der Waals surface area contributed by atoms with Gasteiger partial charge in [0.05, 0.1) is 13.1 Å². The SMILES string of the molecule is O=C(O)[C@H](CSSC[C@H](NC1CCCC[NH+]1[O-])C(=O)O)NC1CCCC[NH+]1[O-]. The van der Waals surface area contributed by atoms with Crippen molar-refractivity contribution >= 4 is 33.5 Å². The molecule has 12 heteroatoms. The number of carboxylic acid groups (broad SMARTS) is 2. The first-order chi connectivity index (χ1) is 13.4. The Hall–Kier alpha value is -0.600. The van der Waals surface area contributed by atoms with Crippen molar-refractivity contribution in [2.75, 3.05) is 24.6 Å². The van der Waals surface area contributed by atoms with Gasteiger partial charge in [-0.15, -0.1) is 0 Å². The van der Waals surface area contributed by atoms with Gasteiger partial charge >= 0.3 is 11.9 Å². The second-order valence-corrected chi connectivity index (χ2v) is 9.77. The summed E-state index contributed by atoms with van der Waals surface area (Å²) in [5.74, 6) is -1.60. The van der Waals surface area contributed by atoms with Gasteiger partial charge in [-0.3, -0.25) is 20.2 Å². The van der Waals surface area contributed by atoms with Crippen molar-refractivity contribution in [3.63, 3.8) is 0 Å². The number of nitrogens with one attached hydrogen (secondary N) is 4. The van der Waals surface area contributed by atoms with Crippen molar-refractivity contribution in [3.05, 3.63) is 10.4 Å². The third kappa shape index (κ3) is 7.67. The van der Waals surface area contributed by atoms with Crippen LogP contribution in [0.25, 0.3) is 0 Å². The second-order valence-electron chi connectivity index (χ2n) is 7.21. The van der Waals surface area contributed by atoms with Crippen LogP contribution < -0.4 is 20.8 Å². The Bertz CT molecular complexity index is 474. The number of carboxylic acids is 2. The molecule has 4 unspecified atom stereocenters. The Labute approximate surface area is 172 Å². The molecule has 0 spiro atoms. The predicted octanol–water partition coefficient (Wildman–Crippen LogP) is -1.76. The molecular weight excluding hydrogens is 408 g/mol. The molecule has 2 aliphatic heterocycles. The number of piperidine rings is 2. The van der Waals surface area contributed by atoms with Crippen molar-refractivity contribution in [1.29, 1.82) is 0 Å². The molecule has 0 amide bonds. The molecule has 0 aromatic carbocycles. The van der Waals surface area contributed by atoms with Gasteiger partial charge in [0.1, 0.15) is 24.4 Å². The van der Waals surface area contributed by atoms with Crippen LogP contribution in [0, 0.1) is 10.4 Å². The molecule has 0 radical (unpaired) electrons. The average Bonchev–Trinajstić information content (AvgIpc) is 2.65. The molecule has 162 valence electrons. The summed E-state index contributed by atoms with van der Waals surface area (Å²) in [5.41, 5.74) is 0. The Morgan fingerprint density at radius 3 is 1.57 bits per heavy atom. The van der Waals surface area contributed by atoms with Gasteiger partial charge in [-0.05, 0) is 25.7 Å². The van der Waals surface area contributed by atoms with E-state index in [1.807, 2.05) is 0 Å². The van der Waals surface area contributed by atoms with Crippen LogP contribution in [-0.2, 0) is 9.59 Å². The van der Waals surface area contributed by atoms with E-state index in [1.54, 1.807) is 0 Å². The molecule has 6 atom stereocenters.